The van der Waals surface area contributed by atoms with Gasteiger partial charge in [-0.05, 0) is 38.4 Å². The van der Waals surface area contributed by atoms with Crippen molar-refractivity contribution in [2.75, 3.05) is 13.1 Å². The number of rotatable bonds is 7. The first-order valence-corrected chi connectivity index (χ1v) is 6.57. The van der Waals surface area contributed by atoms with Crippen molar-refractivity contribution >= 4 is 0 Å². The lowest BCUT2D eigenvalue weighted by Crippen LogP contribution is -2.19. The highest BCUT2D eigenvalue weighted by molar-refractivity contribution is 5.14. The van der Waals surface area contributed by atoms with Crippen LogP contribution in [0.3, 0.4) is 0 Å². The van der Waals surface area contributed by atoms with Crippen molar-refractivity contribution in [2.45, 2.75) is 26.3 Å². The van der Waals surface area contributed by atoms with Gasteiger partial charge in [-0.1, -0.05) is 30.3 Å². The molecular weight excluding hydrogens is 222 g/mol. The van der Waals surface area contributed by atoms with Crippen LogP contribution in [0.25, 0.3) is 0 Å². The van der Waals surface area contributed by atoms with E-state index in [-0.39, 0.29) is 0 Å². The summed E-state index contributed by atoms with van der Waals surface area (Å²) < 4.78 is 2.15. The molecule has 18 heavy (non-hydrogen) atoms. The van der Waals surface area contributed by atoms with Gasteiger partial charge in [-0.15, -0.1) is 0 Å². The monoisotopic (exact) mass is 243 g/mol. The van der Waals surface area contributed by atoms with E-state index in [1.165, 1.54) is 5.56 Å². The Morgan fingerprint density at radius 1 is 1.17 bits per heavy atom. The van der Waals surface area contributed by atoms with Crippen LogP contribution in [0, 0.1) is 6.92 Å². The third kappa shape index (κ3) is 4.34. The smallest absolute Gasteiger partial charge is 0.0949 e. The molecule has 1 aromatic heterocycles. The van der Waals surface area contributed by atoms with Gasteiger partial charge in [0.1, 0.15) is 0 Å². The fourth-order valence-electron chi connectivity index (χ4n) is 1.98. The third-order valence-electron chi connectivity index (χ3n) is 2.97. The topological polar surface area (TPSA) is 29.9 Å². The van der Waals surface area contributed by atoms with Crippen LogP contribution in [0.15, 0.2) is 42.9 Å². The first-order valence-electron chi connectivity index (χ1n) is 6.57. The van der Waals surface area contributed by atoms with E-state index in [9.17, 15) is 0 Å². The highest BCUT2D eigenvalue weighted by Gasteiger charge is 1.94. The van der Waals surface area contributed by atoms with Crippen LogP contribution in [-0.2, 0) is 13.0 Å². The van der Waals surface area contributed by atoms with Gasteiger partial charge in [-0.2, -0.15) is 0 Å². The highest BCUT2D eigenvalue weighted by atomic mass is 15.0. The zero-order valence-electron chi connectivity index (χ0n) is 11.0. The fraction of sp³-hybridized carbons (Fsp3) is 0.400. The van der Waals surface area contributed by atoms with Gasteiger partial charge in [0.15, 0.2) is 0 Å². The van der Waals surface area contributed by atoms with Crippen LogP contribution < -0.4 is 5.32 Å². The molecular formula is C15H21N3. The first kappa shape index (κ1) is 12.8. The molecule has 0 spiro atoms. The lowest BCUT2D eigenvalue weighted by molar-refractivity contribution is 0.581. The van der Waals surface area contributed by atoms with Crippen molar-refractivity contribution in [3.63, 3.8) is 0 Å². The van der Waals surface area contributed by atoms with Crippen molar-refractivity contribution < 1.29 is 0 Å². The molecule has 3 heteroatoms. The number of hydrogen-bond acceptors (Lipinski definition) is 2. The standard InChI is InChI=1S/C15H21N3/c1-14-12-18(13-17-14)11-5-9-16-10-8-15-6-3-2-4-7-15/h2-4,6-7,12-13,16H,5,8-11H2,1H3. The van der Waals surface area contributed by atoms with E-state index < -0.39 is 0 Å². The molecule has 1 N–H and O–H groups in total. The Bertz CT molecular complexity index is 448. The molecule has 1 aromatic carbocycles. The van der Waals surface area contributed by atoms with E-state index in [1.807, 2.05) is 13.3 Å². The van der Waals surface area contributed by atoms with Crippen LogP contribution in [0.1, 0.15) is 17.7 Å². The molecule has 3 nitrogen and oxygen atoms in total. The predicted octanol–water partition coefficient (Wildman–Crippen LogP) is 2.41. The Labute approximate surface area is 109 Å². The summed E-state index contributed by atoms with van der Waals surface area (Å²) in [7, 11) is 0. The summed E-state index contributed by atoms with van der Waals surface area (Å²) in [5.74, 6) is 0. The summed E-state index contributed by atoms with van der Waals surface area (Å²) in [5, 5.41) is 3.48. The Morgan fingerprint density at radius 2 is 2.00 bits per heavy atom. The van der Waals surface area contributed by atoms with Crippen LogP contribution in [0.2, 0.25) is 0 Å². The van der Waals surface area contributed by atoms with Crippen molar-refractivity contribution in [3.05, 3.63) is 54.1 Å². The first-order chi connectivity index (χ1) is 8.84. The van der Waals surface area contributed by atoms with Crippen LogP contribution >= 0.6 is 0 Å². The van der Waals surface area contributed by atoms with Gasteiger partial charge in [0.05, 0.1) is 12.0 Å². The Morgan fingerprint density at radius 3 is 2.72 bits per heavy atom. The summed E-state index contributed by atoms with van der Waals surface area (Å²) in [4.78, 5) is 4.21. The van der Waals surface area contributed by atoms with Crippen LogP contribution in [0.4, 0.5) is 0 Å². The van der Waals surface area contributed by atoms with Crippen molar-refractivity contribution in [1.82, 2.24) is 14.9 Å². The second-order valence-corrected chi connectivity index (χ2v) is 4.59. The van der Waals surface area contributed by atoms with Gasteiger partial charge in [0, 0.05) is 12.7 Å². The van der Waals surface area contributed by atoms with E-state index in [0.29, 0.717) is 0 Å². The molecule has 0 fully saturated rings. The second kappa shape index (κ2) is 6.97. The fourth-order valence-corrected chi connectivity index (χ4v) is 1.98. The average molecular weight is 243 g/mol. The number of nitrogens with one attached hydrogen (secondary N) is 1. The molecule has 0 amide bonds. The number of aromatic nitrogens is 2. The maximum absolute atomic E-state index is 4.21. The number of imidazole rings is 1. The molecule has 2 rings (SSSR count). The number of nitrogens with zero attached hydrogens (tertiary/aromatic N) is 2. The summed E-state index contributed by atoms with van der Waals surface area (Å²) >= 11 is 0. The molecule has 0 aliphatic carbocycles. The maximum atomic E-state index is 4.21. The molecule has 0 radical (unpaired) electrons. The van der Waals surface area contributed by atoms with Gasteiger partial charge < -0.3 is 9.88 Å². The van der Waals surface area contributed by atoms with Gasteiger partial charge in [-0.25, -0.2) is 4.98 Å². The lowest BCUT2D eigenvalue weighted by Gasteiger charge is -2.05. The number of aryl methyl sites for hydroxylation is 2. The Hall–Kier alpha value is -1.61. The SMILES string of the molecule is Cc1cn(CCCNCCc2ccccc2)cn1. The molecule has 0 unspecified atom stereocenters. The third-order valence-corrected chi connectivity index (χ3v) is 2.97. The van der Waals surface area contributed by atoms with Gasteiger partial charge in [0.25, 0.3) is 0 Å². The Balaban J connectivity index is 1.54. The molecule has 96 valence electrons. The molecule has 0 saturated heterocycles. The Kier molecular flexibility index (Phi) is 4.97. The number of hydrogen-bond donors (Lipinski definition) is 1. The molecule has 2 aromatic rings. The largest absolute Gasteiger partial charge is 0.337 e. The molecule has 0 aliphatic rings. The summed E-state index contributed by atoms with van der Waals surface area (Å²) in [6.45, 7) is 5.17. The van der Waals surface area contributed by atoms with E-state index in [1.54, 1.807) is 0 Å². The molecule has 0 atom stereocenters. The quantitative estimate of drug-likeness (QED) is 0.757. The predicted molar refractivity (Wildman–Crippen MR) is 74.6 cm³/mol. The van der Waals surface area contributed by atoms with Gasteiger partial charge >= 0.3 is 0 Å². The normalized spacial score (nSPS) is 10.7. The van der Waals surface area contributed by atoms with Gasteiger partial charge in [-0.3, -0.25) is 0 Å². The minimum atomic E-state index is 1.04. The van der Waals surface area contributed by atoms with Crippen LogP contribution in [-0.4, -0.2) is 22.6 Å². The van der Waals surface area contributed by atoms with E-state index in [4.69, 9.17) is 0 Å². The second-order valence-electron chi connectivity index (χ2n) is 4.59. The van der Waals surface area contributed by atoms with Crippen molar-refractivity contribution in [2.24, 2.45) is 0 Å². The summed E-state index contributed by atoms with van der Waals surface area (Å²) in [6, 6.07) is 10.6. The molecule has 1 heterocycles. The minimum Gasteiger partial charge on any atom is -0.337 e. The highest BCUT2D eigenvalue weighted by Crippen LogP contribution is 1.98. The van der Waals surface area contributed by atoms with E-state index in [2.05, 4.69) is 51.4 Å². The van der Waals surface area contributed by atoms with Crippen molar-refractivity contribution in [1.29, 1.82) is 0 Å². The zero-order valence-corrected chi connectivity index (χ0v) is 11.0. The average Bonchev–Trinajstić information content (AvgIpc) is 2.81. The lowest BCUT2D eigenvalue weighted by atomic mass is 10.1. The van der Waals surface area contributed by atoms with Gasteiger partial charge in [0.2, 0.25) is 0 Å². The minimum absolute atomic E-state index is 1.04. The number of benzene rings is 1. The zero-order chi connectivity index (χ0) is 12.6. The molecule has 0 saturated carbocycles. The summed E-state index contributed by atoms with van der Waals surface area (Å²) in [6.07, 6.45) is 6.24. The van der Waals surface area contributed by atoms with Crippen molar-refractivity contribution in [3.8, 4) is 0 Å². The maximum Gasteiger partial charge on any atom is 0.0949 e. The molecule has 0 bridgehead atoms. The summed E-state index contributed by atoms with van der Waals surface area (Å²) in [5.41, 5.74) is 2.49. The van der Waals surface area contributed by atoms with E-state index >= 15 is 0 Å². The molecule has 0 aliphatic heterocycles. The van der Waals surface area contributed by atoms with Crippen LogP contribution in [0.5, 0.6) is 0 Å². The van der Waals surface area contributed by atoms with E-state index in [0.717, 1.165) is 38.2 Å².